The molecule has 0 aliphatic carbocycles. The van der Waals surface area contributed by atoms with Gasteiger partial charge in [-0.05, 0) is 86.8 Å². The van der Waals surface area contributed by atoms with Crippen LogP contribution in [0.25, 0.3) is 5.69 Å². The number of aliphatic carboxylic acids is 1. The van der Waals surface area contributed by atoms with Gasteiger partial charge in [-0.3, -0.25) is 14.5 Å². The topological polar surface area (TPSA) is 83.8 Å². The molecule has 1 aliphatic heterocycles. The zero-order valence-electron chi connectivity index (χ0n) is 22.5. The molecule has 0 unspecified atom stereocenters. The summed E-state index contributed by atoms with van der Waals surface area (Å²) in [7, 11) is 0. The van der Waals surface area contributed by atoms with Crippen LogP contribution in [0.3, 0.4) is 0 Å². The van der Waals surface area contributed by atoms with Crippen LogP contribution in [0.2, 0.25) is 5.02 Å². The van der Waals surface area contributed by atoms with Crippen molar-refractivity contribution in [3.05, 3.63) is 83.1 Å². The fourth-order valence-electron chi connectivity index (χ4n) is 4.21. The number of ether oxygens (including phenoxy) is 1. The van der Waals surface area contributed by atoms with Crippen LogP contribution in [0.1, 0.15) is 44.7 Å². The van der Waals surface area contributed by atoms with Gasteiger partial charge in [-0.15, -0.1) is 0 Å². The van der Waals surface area contributed by atoms with Gasteiger partial charge in [0.1, 0.15) is 5.75 Å². The first-order valence-corrected chi connectivity index (χ1v) is 13.1. The predicted octanol–water partition coefficient (Wildman–Crippen LogP) is 6.18. The van der Waals surface area contributed by atoms with Crippen molar-refractivity contribution in [1.82, 2.24) is 14.8 Å². The van der Waals surface area contributed by atoms with Gasteiger partial charge in [-0.2, -0.15) is 13.2 Å². The molecule has 7 nitrogen and oxygen atoms in total. The molecular formula is C29H33ClF3N3O4. The van der Waals surface area contributed by atoms with Gasteiger partial charge in [0.15, 0.2) is 5.60 Å². The first kappa shape index (κ1) is 31.0. The number of alkyl halides is 3. The van der Waals surface area contributed by atoms with E-state index in [0.29, 0.717) is 16.5 Å². The molecule has 216 valence electrons. The van der Waals surface area contributed by atoms with E-state index in [1.165, 1.54) is 12.1 Å². The highest BCUT2D eigenvalue weighted by Gasteiger charge is 2.33. The van der Waals surface area contributed by atoms with Crippen molar-refractivity contribution < 1.29 is 32.6 Å². The molecule has 11 heteroatoms. The maximum atomic E-state index is 12.8. The van der Waals surface area contributed by atoms with Crippen LogP contribution in [0, 0.1) is 0 Å². The van der Waals surface area contributed by atoms with Crippen molar-refractivity contribution in [2.45, 2.75) is 58.0 Å². The number of halogens is 4. The summed E-state index contributed by atoms with van der Waals surface area (Å²) in [6.45, 7) is 6.96. The number of carbonyl (C=O) groups excluding carboxylic acids is 1. The summed E-state index contributed by atoms with van der Waals surface area (Å²) in [4.78, 5) is 24.2. The number of carbonyl (C=O) groups is 2. The number of nitrogens with one attached hydrogen (secondary N) is 1. The lowest BCUT2D eigenvalue weighted by atomic mass is 10.0. The molecule has 2 aromatic carbocycles. The molecule has 0 spiro atoms. The van der Waals surface area contributed by atoms with Gasteiger partial charge in [0.05, 0.1) is 5.56 Å². The van der Waals surface area contributed by atoms with E-state index in [4.69, 9.17) is 26.2 Å². The van der Waals surface area contributed by atoms with Crippen molar-refractivity contribution in [2.75, 3.05) is 13.1 Å². The fraction of sp³-hybridized carbons (Fsp3) is 0.379. The minimum atomic E-state index is -4.34. The van der Waals surface area contributed by atoms with Crippen molar-refractivity contribution in [1.29, 1.82) is 0 Å². The Labute approximate surface area is 236 Å². The minimum absolute atomic E-state index is 0.0681. The SMILES string of the molecule is CC(=O)O.CC(C)(Oc1ccc(Cl)cc1)C(=O)NC1CCN(Cc2ccn(-c3ccc(C(F)(F)F)cc3)c2)CC1. The van der Waals surface area contributed by atoms with Crippen molar-refractivity contribution in [3.8, 4) is 11.4 Å². The Morgan fingerprint density at radius 1 is 1.02 bits per heavy atom. The smallest absolute Gasteiger partial charge is 0.416 e. The number of rotatable bonds is 7. The Hall–Kier alpha value is -3.50. The summed E-state index contributed by atoms with van der Waals surface area (Å²) >= 11 is 5.91. The Morgan fingerprint density at radius 3 is 2.15 bits per heavy atom. The Balaban J connectivity index is 0.00000103. The molecule has 3 aromatic rings. The summed E-state index contributed by atoms with van der Waals surface area (Å²) in [6, 6.07) is 14.1. The molecule has 1 aromatic heterocycles. The number of carboxylic acid groups (broad SMARTS) is 1. The third kappa shape index (κ3) is 9.31. The molecule has 1 saturated heterocycles. The number of likely N-dealkylation sites (tertiary alicyclic amines) is 1. The van der Waals surface area contributed by atoms with Crippen LogP contribution in [0.4, 0.5) is 13.2 Å². The minimum Gasteiger partial charge on any atom is -0.481 e. The van der Waals surface area contributed by atoms with E-state index in [0.717, 1.165) is 57.1 Å². The number of nitrogens with zero attached hydrogens (tertiary/aromatic N) is 2. The molecule has 1 aliphatic rings. The van der Waals surface area contributed by atoms with E-state index in [1.807, 2.05) is 23.0 Å². The van der Waals surface area contributed by atoms with Crippen molar-refractivity contribution >= 4 is 23.5 Å². The lowest BCUT2D eigenvalue weighted by Crippen LogP contribution is -2.52. The van der Waals surface area contributed by atoms with E-state index in [2.05, 4.69) is 10.2 Å². The number of carboxylic acids is 1. The van der Waals surface area contributed by atoms with E-state index in [-0.39, 0.29) is 11.9 Å². The van der Waals surface area contributed by atoms with Crippen molar-refractivity contribution in [2.24, 2.45) is 0 Å². The van der Waals surface area contributed by atoms with Gasteiger partial charge >= 0.3 is 6.18 Å². The van der Waals surface area contributed by atoms with Crippen LogP contribution in [-0.2, 0) is 22.3 Å². The monoisotopic (exact) mass is 579 g/mol. The number of benzene rings is 2. The summed E-state index contributed by atoms with van der Waals surface area (Å²) in [6.07, 6.45) is 1.09. The number of amides is 1. The molecule has 0 atom stereocenters. The molecule has 1 fully saturated rings. The summed E-state index contributed by atoms with van der Waals surface area (Å²) in [5.74, 6) is -0.415. The second kappa shape index (κ2) is 13.2. The number of hydrogen-bond donors (Lipinski definition) is 2. The highest BCUT2D eigenvalue weighted by atomic mass is 35.5. The van der Waals surface area contributed by atoms with Gasteiger partial charge in [0.25, 0.3) is 11.9 Å². The first-order valence-electron chi connectivity index (χ1n) is 12.7. The number of hydrogen-bond acceptors (Lipinski definition) is 4. The zero-order chi connectivity index (χ0) is 29.5. The maximum absolute atomic E-state index is 12.8. The fourth-order valence-corrected chi connectivity index (χ4v) is 4.34. The molecule has 0 saturated carbocycles. The van der Waals surface area contributed by atoms with E-state index >= 15 is 0 Å². The second-order valence-corrected chi connectivity index (χ2v) is 10.5. The Kier molecular flexibility index (Phi) is 10.3. The van der Waals surface area contributed by atoms with Crippen LogP contribution < -0.4 is 10.1 Å². The molecule has 4 rings (SSSR count). The highest BCUT2D eigenvalue weighted by molar-refractivity contribution is 6.30. The third-order valence-corrected chi connectivity index (χ3v) is 6.56. The maximum Gasteiger partial charge on any atom is 0.416 e. The zero-order valence-corrected chi connectivity index (χ0v) is 23.3. The highest BCUT2D eigenvalue weighted by Crippen LogP contribution is 2.30. The summed E-state index contributed by atoms with van der Waals surface area (Å²) in [5, 5.41) is 11.1. The van der Waals surface area contributed by atoms with Gasteiger partial charge in [-0.25, -0.2) is 0 Å². The number of aromatic nitrogens is 1. The van der Waals surface area contributed by atoms with Gasteiger partial charge < -0.3 is 19.7 Å². The summed E-state index contributed by atoms with van der Waals surface area (Å²) < 4.78 is 46.1. The Morgan fingerprint density at radius 2 is 1.60 bits per heavy atom. The quantitative estimate of drug-likeness (QED) is 0.349. The molecule has 0 bridgehead atoms. The van der Waals surface area contributed by atoms with Gasteiger partial charge in [0, 0.05) is 55.7 Å². The summed E-state index contributed by atoms with van der Waals surface area (Å²) in [5.41, 5.74) is 0.0779. The molecular weight excluding hydrogens is 547 g/mol. The van der Waals surface area contributed by atoms with E-state index < -0.39 is 23.3 Å². The van der Waals surface area contributed by atoms with Crippen LogP contribution in [0.15, 0.2) is 67.0 Å². The van der Waals surface area contributed by atoms with Crippen molar-refractivity contribution in [3.63, 3.8) is 0 Å². The average Bonchev–Trinajstić information content (AvgIpc) is 3.34. The van der Waals surface area contributed by atoms with Gasteiger partial charge in [0.2, 0.25) is 0 Å². The molecule has 0 radical (unpaired) electrons. The Bertz CT molecular complexity index is 1260. The van der Waals surface area contributed by atoms with Gasteiger partial charge in [-0.1, -0.05) is 11.6 Å². The second-order valence-electron chi connectivity index (χ2n) is 10.1. The lowest BCUT2D eigenvalue weighted by molar-refractivity contribution is -0.137. The largest absolute Gasteiger partial charge is 0.481 e. The van der Waals surface area contributed by atoms with E-state index in [1.54, 1.807) is 38.1 Å². The molecule has 2 N–H and O–H groups in total. The normalized spacial score (nSPS) is 14.7. The standard InChI is InChI=1S/C27H29ClF3N3O2.C2H4O2/c1-26(2,36-24-9-5-21(28)6-10-24)25(35)32-22-12-14-33(15-13-22)17-19-11-16-34(18-19)23-7-3-20(4-8-23)27(29,30)31;1-2(3)4/h3-11,16,18,22H,12-15,17H2,1-2H3,(H,32,35);1H3,(H,3,4). The van der Waals surface area contributed by atoms with E-state index in [9.17, 15) is 18.0 Å². The first-order chi connectivity index (χ1) is 18.7. The number of piperidine rings is 1. The third-order valence-electron chi connectivity index (χ3n) is 6.31. The van der Waals surface area contributed by atoms with Crippen LogP contribution in [-0.4, -0.2) is 51.2 Å². The molecule has 1 amide bonds. The lowest BCUT2D eigenvalue weighted by Gasteiger charge is -2.34. The van der Waals surface area contributed by atoms with Crippen LogP contribution in [0.5, 0.6) is 5.75 Å². The molecule has 2 heterocycles. The molecule has 40 heavy (non-hydrogen) atoms. The predicted molar refractivity (Wildman–Crippen MR) is 147 cm³/mol. The average molecular weight is 580 g/mol. The van der Waals surface area contributed by atoms with Crippen LogP contribution >= 0.6 is 11.6 Å².